The minimum atomic E-state index is 0.195. The third-order valence-electron chi connectivity index (χ3n) is 5.13. The maximum absolute atomic E-state index is 11.1. The molecule has 0 N–H and O–H groups in total. The minimum Gasteiger partial charge on any atom is -0.295 e. The van der Waals surface area contributed by atoms with Crippen LogP contribution in [0.25, 0.3) is 0 Å². The van der Waals surface area contributed by atoms with E-state index in [1.54, 1.807) is 13.0 Å². The molecule has 3 aliphatic carbocycles. The Kier molecular flexibility index (Phi) is 3.75. The lowest BCUT2D eigenvalue weighted by Gasteiger charge is -2.51. The Bertz CT molecular complexity index is 315. The van der Waals surface area contributed by atoms with E-state index in [4.69, 9.17) is 0 Å². The van der Waals surface area contributed by atoms with Crippen LogP contribution >= 0.6 is 0 Å². The molecule has 0 aromatic carbocycles. The van der Waals surface area contributed by atoms with Crippen LogP contribution in [0.5, 0.6) is 0 Å². The molecule has 0 radical (unpaired) electrons. The second-order valence-corrected chi connectivity index (χ2v) is 6.65. The standard InChI is InChI=1S/C16H26O/c1-10(2)15-9-14-8-13(6-5-12(4)17)16(15)7-11(14)3/h5-6,10-11,13-16H,7-9H2,1-4H3/b6-5+/t11-,13+,14-,15-,16-/m0/s1. The molecule has 0 amide bonds. The quantitative estimate of drug-likeness (QED) is 0.672. The molecule has 96 valence electrons. The van der Waals surface area contributed by atoms with Gasteiger partial charge >= 0.3 is 0 Å². The number of ketones is 1. The number of hydrogen-bond donors (Lipinski definition) is 0. The summed E-state index contributed by atoms with van der Waals surface area (Å²) in [5, 5.41) is 0. The van der Waals surface area contributed by atoms with E-state index in [1.165, 1.54) is 19.3 Å². The molecule has 0 aliphatic heterocycles. The highest BCUT2D eigenvalue weighted by atomic mass is 16.1. The third-order valence-corrected chi connectivity index (χ3v) is 5.13. The molecule has 3 fully saturated rings. The molecule has 0 spiro atoms. The summed E-state index contributed by atoms with van der Waals surface area (Å²) < 4.78 is 0. The summed E-state index contributed by atoms with van der Waals surface area (Å²) in [7, 11) is 0. The largest absolute Gasteiger partial charge is 0.295 e. The van der Waals surface area contributed by atoms with Gasteiger partial charge in [0.05, 0.1) is 0 Å². The molecule has 0 aromatic heterocycles. The summed E-state index contributed by atoms with van der Waals surface area (Å²) in [4.78, 5) is 11.1. The summed E-state index contributed by atoms with van der Waals surface area (Å²) in [5.74, 6) is 5.16. The van der Waals surface area contributed by atoms with Crippen LogP contribution in [0.2, 0.25) is 0 Å². The SMILES string of the molecule is CC(=O)/C=C/[C@@H]1C[C@H]2C[C@@H](C(C)C)[C@H]1C[C@@H]2C. The zero-order chi connectivity index (χ0) is 12.6. The molecule has 1 nitrogen and oxygen atoms in total. The van der Waals surface area contributed by atoms with Crippen LogP contribution in [-0.2, 0) is 4.79 Å². The van der Waals surface area contributed by atoms with E-state index < -0.39 is 0 Å². The van der Waals surface area contributed by atoms with Crippen molar-refractivity contribution in [2.24, 2.45) is 35.5 Å². The van der Waals surface area contributed by atoms with Gasteiger partial charge in [-0.25, -0.2) is 0 Å². The fourth-order valence-electron chi connectivity index (χ4n) is 4.15. The van der Waals surface area contributed by atoms with E-state index in [9.17, 15) is 4.79 Å². The minimum absolute atomic E-state index is 0.195. The maximum atomic E-state index is 11.1. The van der Waals surface area contributed by atoms with Crippen molar-refractivity contribution in [2.45, 2.75) is 47.0 Å². The van der Waals surface area contributed by atoms with Gasteiger partial charge in [-0.15, -0.1) is 0 Å². The first-order valence-corrected chi connectivity index (χ1v) is 7.17. The normalized spacial score (nSPS) is 41.4. The van der Waals surface area contributed by atoms with Crippen LogP contribution in [0.3, 0.4) is 0 Å². The van der Waals surface area contributed by atoms with E-state index >= 15 is 0 Å². The van der Waals surface area contributed by atoms with Gasteiger partial charge in [0, 0.05) is 0 Å². The molecule has 0 unspecified atom stereocenters. The van der Waals surface area contributed by atoms with Gasteiger partial charge in [0.25, 0.3) is 0 Å². The number of fused-ring (bicyclic) bond motifs is 3. The summed E-state index contributed by atoms with van der Waals surface area (Å²) in [5.41, 5.74) is 0. The van der Waals surface area contributed by atoms with Gasteiger partial charge in [0.15, 0.2) is 5.78 Å². The fourth-order valence-corrected chi connectivity index (χ4v) is 4.15. The van der Waals surface area contributed by atoms with Crippen molar-refractivity contribution >= 4 is 5.78 Å². The Balaban J connectivity index is 2.12. The molecule has 3 saturated carbocycles. The van der Waals surface area contributed by atoms with Gasteiger partial charge in [-0.05, 0) is 67.8 Å². The monoisotopic (exact) mass is 234 g/mol. The molecule has 2 bridgehead atoms. The molecule has 1 heteroatoms. The van der Waals surface area contributed by atoms with E-state index in [2.05, 4.69) is 26.8 Å². The van der Waals surface area contributed by atoms with Crippen molar-refractivity contribution in [3.05, 3.63) is 12.2 Å². The number of carbonyl (C=O) groups excluding carboxylic acids is 1. The highest BCUT2D eigenvalue weighted by molar-refractivity contribution is 5.87. The summed E-state index contributed by atoms with van der Waals surface area (Å²) >= 11 is 0. The first kappa shape index (κ1) is 12.9. The molecule has 5 atom stereocenters. The van der Waals surface area contributed by atoms with Crippen LogP contribution in [-0.4, -0.2) is 5.78 Å². The first-order chi connectivity index (χ1) is 7.99. The van der Waals surface area contributed by atoms with Crippen molar-refractivity contribution in [2.75, 3.05) is 0 Å². The molecule has 3 aliphatic rings. The molecular formula is C16H26O. The Morgan fingerprint density at radius 3 is 2.47 bits per heavy atom. The highest BCUT2D eigenvalue weighted by Crippen LogP contribution is 2.53. The Morgan fingerprint density at radius 2 is 1.94 bits per heavy atom. The molecule has 0 saturated heterocycles. The van der Waals surface area contributed by atoms with Gasteiger partial charge < -0.3 is 0 Å². The zero-order valence-electron chi connectivity index (χ0n) is 11.6. The third kappa shape index (κ3) is 2.64. The Hall–Kier alpha value is -0.590. The van der Waals surface area contributed by atoms with Crippen LogP contribution < -0.4 is 0 Å². The summed E-state index contributed by atoms with van der Waals surface area (Å²) in [6.07, 6.45) is 8.13. The van der Waals surface area contributed by atoms with Crippen molar-refractivity contribution < 1.29 is 4.79 Å². The number of carbonyl (C=O) groups is 1. The van der Waals surface area contributed by atoms with Crippen LogP contribution in [0.15, 0.2) is 12.2 Å². The molecule has 0 aromatic rings. The van der Waals surface area contributed by atoms with E-state index in [1.807, 2.05) is 0 Å². The molecule has 3 rings (SSSR count). The van der Waals surface area contributed by atoms with Crippen molar-refractivity contribution in [3.63, 3.8) is 0 Å². The smallest absolute Gasteiger partial charge is 0.152 e. The van der Waals surface area contributed by atoms with E-state index in [0.717, 1.165) is 29.6 Å². The highest BCUT2D eigenvalue weighted by Gasteiger charge is 2.45. The van der Waals surface area contributed by atoms with Crippen molar-refractivity contribution in [1.29, 1.82) is 0 Å². The molecule has 0 heterocycles. The molecular weight excluding hydrogens is 208 g/mol. The summed E-state index contributed by atoms with van der Waals surface area (Å²) in [6, 6.07) is 0. The van der Waals surface area contributed by atoms with Gasteiger partial charge in [0.1, 0.15) is 0 Å². The predicted octanol–water partition coefficient (Wildman–Crippen LogP) is 4.09. The van der Waals surface area contributed by atoms with Gasteiger partial charge in [-0.3, -0.25) is 4.79 Å². The number of rotatable bonds is 3. The Morgan fingerprint density at radius 1 is 1.24 bits per heavy atom. The average Bonchev–Trinajstić information content (AvgIpc) is 2.26. The van der Waals surface area contributed by atoms with Crippen LogP contribution in [0.1, 0.15) is 47.0 Å². The number of allylic oxidation sites excluding steroid dienone is 2. The van der Waals surface area contributed by atoms with Crippen LogP contribution in [0.4, 0.5) is 0 Å². The van der Waals surface area contributed by atoms with Gasteiger partial charge in [-0.2, -0.15) is 0 Å². The topological polar surface area (TPSA) is 17.1 Å². The lowest BCUT2D eigenvalue weighted by molar-refractivity contribution is -0.112. The Labute approximate surface area is 106 Å². The lowest BCUT2D eigenvalue weighted by atomic mass is 9.54. The fraction of sp³-hybridized carbons (Fsp3) is 0.812. The lowest BCUT2D eigenvalue weighted by Crippen LogP contribution is -2.43. The van der Waals surface area contributed by atoms with E-state index in [0.29, 0.717) is 5.92 Å². The first-order valence-electron chi connectivity index (χ1n) is 7.17. The predicted molar refractivity (Wildman–Crippen MR) is 71.6 cm³/mol. The maximum Gasteiger partial charge on any atom is 0.152 e. The van der Waals surface area contributed by atoms with Gasteiger partial charge in [-0.1, -0.05) is 26.8 Å². The number of hydrogen-bond acceptors (Lipinski definition) is 1. The van der Waals surface area contributed by atoms with Crippen molar-refractivity contribution in [1.82, 2.24) is 0 Å². The van der Waals surface area contributed by atoms with Crippen LogP contribution in [0, 0.1) is 35.5 Å². The summed E-state index contributed by atoms with van der Waals surface area (Å²) in [6.45, 7) is 8.79. The molecule has 17 heavy (non-hydrogen) atoms. The van der Waals surface area contributed by atoms with Crippen molar-refractivity contribution in [3.8, 4) is 0 Å². The average molecular weight is 234 g/mol. The second-order valence-electron chi connectivity index (χ2n) is 6.65. The van der Waals surface area contributed by atoms with Gasteiger partial charge in [0.2, 0.25) is 0 Å². The van der Waals surface area contributed by atoms with E-state index in [-0.39, 0.29) is 5.78 Å². The zero-order valence-corrected chi connectivity index (χ0v) is 11.6. The second kappa shape index (κ2) is 4.96.